The fourth-order valence-electron chi connectivity index (χ4n) is 1.89. The minimum atomic E-state index is -3.78. The van der Waals surface area contributed by atoms with Crippen LogP contribution in [0.25, 0.3) is 0 Å². The lowest BCUT2D eigenvalue weighted by Gasteiger charge is -2.19. The third-order valence-electron chi connectivity index (χ3n) is 3.19. The zero-order valence-corrected chi connectivity index (χ0v) is 12.4. The summed E-state index contributed by atoms with van der Waals surface area (Å²) in [5.74, 6) is -0.911. The highest BCUT2D eigenvalue weighted by molar-refractivity contribution is 7.89. The molecule has 1 aliphatic heterocycles. The van der Waals surface area contributed by atoms with Crippen molar-refractivity contribution in [1.29, 1.82) is 0 Å². The molecular weight excluding hydrogens is 298 g/mol. The van der Waals surface area contributed by atoms with Gasteiger partial charge in [0.1, 0.15) is 13.2 Å². The first-order valence-electron chi connectivity index (χ1n) is 6.56. The second-order valence-corrected chi connectivity index (χ2v) is 6.37. The maximum atomic E-state index is 12.2. The Hall–Kier alpha value is -1.80. The van der Waals surface area contributed by atoms with Crippen LogP contribution in [0.3, 0.4) is 0 Å². The van der Waals surface area contributed by atoms with Gasteiger partial charge in [-0.3, -0.25) is 4.79 Å². The van der Waals surface area contributed by atoms with Crippen molar-refractivity contribution in [3.05, 3.63) is 18.2 Å². The average Bonchev–Trinajstić information content (AvgIpc) is 2.47. The molecule has 0 saturated heterocycles. The van der Waals surface area contributed by atoms with E-state index < -0.39 is 21.9 Å². The molecule has 1 aliphatic rings. The third-order valence-corrected chi connectivity index (χ3v) is 4.61. The van der Waals surface area contributed by atoms with Gasteiger partial charge in [0.2, 0.25) is 10.0 Å². The summed E-state index contributed by atoms with van der Waals surface area (Å²) in [6.07, 6.45) is 0.346. The number of hydrogen-bond acceptors (Lipinski definition) is 5. The number of fused-ring (bicyclic) bond motifs is 1. The molecule has 0 aliphatic carbocycles. The zero-order chi connectivity index (χ0) is 15.5. The predicted molar refractivity (Wildman–Crippen MR) is 74.0 cm³/mol. The average molecular weight is 315 g/mol. The first-order chi connectivity index (χ1) is 9.94. The van der Waals surface area contributed by atoms with Crippen LogP contribution in [0, 0.1) is 5.92 Å². The summed E-state index contributed by atoms with van der Waals surface area (Å²) < 4.78 is 37.3. The maximum Gasteiger partial charge on any atom is 0.307 e. The monoisotopic (exact) mass is 315 g/mol. The van der Waals surface area contributed by atoms with E-state index in [4.69, 9.17) is 14.6 Å². The molecule has 0 amide bonds. The van der Waals surface area contributed by atoms with Gasteiger partial charge in [0.25, 0.3) is 0 Å². The van der Waals surface area contributed by atoms with Crippen molar-refractivity contribution in [2.75, 3.05) is 19.8 Å². The van der Waals surface area contributed by atoms with Crippen molar-refractivity contribution in [1.82, 2.24) is 4.72 Å². The van der Waals surface area contributed by atoms with E-state index >= 15 is 0 Å². The number of benzene rings is 1. The molecule has 0 bridgehead atoms. The van der Waals surface area contributed by atoms with Crippen molar-refractivity contribution >= 4 is 16.0 Å². The second kappa shape index (κ2) is 6.31. The van der Waals surface area contributed by atoms with Gasteiger partial charge in [0.05, 0.1) is 10.8 Å². The number of rotatable bonds is 6. The molecule has 0 fully saturated rings. The van der Waals surface area contributed by atoms with Crippen LogP contribution >= 0.6 is 0 Å². The molecule has 1 aromatic rings. The highest BCUT2D eigenvalue weighted by atomic mass is 32.2. The van der Waals surface area contributed by atoms with E-state index in [2.05, 4.69) is 4.72 Å². The van der Waals surface area contributed by atoms with Crippen molar-refractivity contribution in [2.45, 2.75) is 18.2 Å². The normalized spacial score (nSPS) is 15.5. The van der Waals surface area contributed by atoms with E-state index in [0.717, 1.165) is 0 Å². The van der Waals surface area contributed by atoms with Crippen LogP contribution in [0.4, 0.5) is 0 Å². The van der Waals surface area contributed by atoms with Crippen LogP contribution in [-0.2, 0) is 14.8 Å². The lowest BCUT2D eigenvalue weighted by molar-refractivity contribution is -0.141. The molecule has 0 spiro atoms. The summed E-state index contributed by atoms with van der Waals surface area (Å²) in [6, 6.07) is 4.30. The fourth-order valence-corrected chi connectivity index (χ4v) is 2.99. The Labute approximate surface area is 122 Å². The zero-order valence-electron chi connectivity index (χ0n) is 11.5. The van der Waals surface area contributed by atoms with Crippen LogP contribution in [0.15, 0.2) is 23.1 Å². The lowest BCUT2D eigenvalue weighted by Crippen LogP contribution is -2.32. The molecule has 2 rings (SSSR count). The van der Waals surface area contributed by atoms with Gasteiger partial charge in [0, 0.05) is 12.6 Å². The number of sulfonamides is 1. The van der Waals surface area contributed by atoms with Gasteiger partial charge in [-0.2, -0.15) is 0 Å². The first-order valence-corrected chi connectivity index (χ1v) is 8.04. The molecule has 7 nitrogen and oxygen atoms in total. The van der Waals surface area contributed by atoms with Crippen molar-refractivity contribution in [3.8, 4) is 11.5 Å². The van der Waals surface area contributed by atoms with Crippen molar-refractivity contribution < 1.29 is 27.8 Å². The van der Waals surface area contributed by atoms with E-state index in [9.17, 15) is 13.2 Å². The highest BCUT2D eigenvalue weighted by Gasteiger charge is 2.22. The van der Waals surface area contributed by atoms with Crippen molar-refractivity contribution in [3.63, 3.8) is 0 Å². The predicted octanol–water partition coefficient (Wildman–Crippen LogP) is 0.847. The Morgan fingerprint density at radius 1 is 1.33 bits per heavy atom. The molecule has 21 heavy (non-hydrogen) atoms. The van der Waals surface area contributed by atoms with Crippen LogP contribution in [0.1, 0.15) is 13.3 Å². The molecular formula is C13H17NO6S. The van der Waals surface area contributed by atoms with Crippen LogP contribution in [-0.4, -0.2) is 39.3 Å². The van der Waals surface area contributed by atoms with Gasteiger partial charge in [-0.25, -0.2) is 13.1 Å². The summed E-state index contributed by atoms with van der Waals surface area (Å²) in [6.45, 7) is 2.33. The number of aliphatic carboxylic acids is 1. The standard InChI is InChI=1S/C13H17NO6S/c1-2-9(13(15)16)8-14-21(17,18)10-3-4-11-12(7-10)20-6-5-19-11/h3-4,7,9,14H,2,5-6,8H2,1H3,(H,15,16). The lowest BCUT2D eigenvalue weighted by atomic mass is 10.1. The van der Waals surface area contributed by atoms with Gasteiger partial charge in [-0.1, -0.05) is 6.92 Å². The van der Waals surface area contributed by atoms with Gasteiger partial charge >= 0.3 is 5.97 Å². The van der Waals surface area contributed by atoms with E-state index in [1.807, 2.05) is 0 Å². The minimum absolute atomic E-state index is 0.0204. The molecule has 2 N–H and O–H groups in total. The molecule has 1 atom stereocenters. The van der Waals surface area contributed by atoms with Gasteiger partial charge in [-0.15, -0.1) is 0 Å². The van der Waals surface area contributed by atoms with E-state index in [1.165, 1.54) is 18.2 Å². The third kappa shape index (κ3) is 3.64. The highest BCUT2D eigenvalue weighted by Crippen LogP contribution is 2.32. The number of nitrogens with one attached hydrogen (secondary N) is 1. The molecule has 1 aromatic carbocycles. The van der Waals surface area contributed by atoms with Crippen LogP contribution in [0.5, 0.6) is 11.5 Å². The van der Waals surface area contributed by atoms with Crippen LogP contribution < -0.4 is 14.2 Å². The second-order valence-electron chi connectivity index (χ2n) is 4.60. The molecule has 8 heteroatoms. The SMILES string of the molecule is CCC(CNS(=O)(=O)c1ccc2c(c1)OCCO2)C(=O)O. The molecule has 1 heterocycles. The molecule has 0 radical (unpaired) electrons. The number of carboxylic acid groups (broad SMARTS) is 1. The molecule has 116 valence electrons. The Kier molecular flexibility index (Phi) is 4.69. The van der Waals surface area contributed by atoms with Crippen LogP contribution in [0.2, 0.25) is 0 Å². The summed E-state index contributed by atoms with van der Waals surface area (Å²) in [4.78, 5) is 10.9. The van der Waals surface area contributed by atoms with E-state index in [-0.39, 0.29) is 11.4 Å². The Morgan fingerprint density at radius 2 is 2.00 bits per heavy atom. The Morgan fingerprint density at radius 3 is 2.62 bits per heavy atom. The maximum absolute atomic E-state index is 12.2. The van der Waals surface area contributed by atoms with E-state index in [1.54, 1.807) is 6.92 Å². The topological polar surface area (TPSA) is 102 Å². The summed E-state index contributed by atoms with van der Waals surface area (Å²) in [5.41, 5.74) is 0. The quantitative estimate of drug-likeness (QED) is 0.807. The van der Waals surface area contributed by atoms with E-state index in [0.29, 0.717) is 31.1 Å². The minimum Gasteiger partial charge on any atom is -0.486 e. The summed E-state index contributed by atoms with van der Waals surface area (Å²) >= 11 is 0. The Bertz CT molecular complexity index is 628. The summed E-state index contributed by atoms with van der Waals surface area (Å²) in [5, 5.41) is 8.93. The molecule has 1 unspecified atom stereocenters. The number of hydrogen-bond donors (Lipinski definition) is 2. The van der Waals surface area contributed by atoms with Gasteiger partial charge in [0.15, 0.2) is 11.5 Å². The number of carboxylic acids is 1. The molecule has 0 aromatic heterocycles. The Balaban J connectivity index is 2.14. The summed E-state index contributed by atoms with van der Waals surface area (Å²) in [7, 11) is -3.78. The van der Waals surface area contributed by atoms with Gasteiger partial charge in [-0.05, 0) is 18.6 Å². The molecule has 0 saturated carbocycles. The van der Waals surface area contributed by atoms with Crippen molar-refractivity contribution in [2.24, 2.45) is 5.92 Å². The largest absolute Gasteiger partial charge is 0.486 e. The first kappa shape index (κ1) is 15.6. The van der Waals surface area contributed by atoms with Gasteiger partial charge < -0.3 is 14.6 Å². The smallest absolute Gasteiger partial charge is 0.307 e. The number of carbonyl (C=O) groups is 1. The number of ether oxygens (including phenoxy) is 2. The fraction of sp³-hybridized carbons (Fsp3) is 0.462.